The molecular formula is C81H86N8O8P2. The molecule has 0 aliphatic carbocycles. The molecule has 0 saturated carbocycles. The van der Waals surface area contributed by atoms with Crippen molar-refractivity contribution in [3.05, 3.63) is 300 Å². The molecule has 0 radical (unpaired) electrons. The monoisotopic (exact) mass is 1360 g/mol. The van der Waals surface area contributed by atoms with Crippen LogP contribution in [0.4, 0.5) is 0 Å². The Morgan fingerprint density at radius 1 is 0.475 bits per heavy atom. The summed E-state index contributed by atoms with van der Waals surface area (Å²) in [5.74, 6) is -2.96. The van der Waals surface area contributed by atoms with Gasteiger partial charge in [0.05, 0.1) is 18.6 Å². The Morgan fingerprint density at radius 2 is 0.879 bits per heavy atom. The number of nitrogens with one attached hydrogen (secondary N) is 4. The molecule has 9 aromatic rings. The second-order valence-electron chi connectivity index (χ2n) is 24.9. The highest BCUT2D eigenvalue weighted by Gasteiger charge is 2.40. The minimum Gasteiger partial charge on any atom is -0.459 e. The first-order valence-corrected chi connectivity index (χ1v) is 36.7. The van der Waals surface area contributed by atoms with Crippen molar-refractivity contribution in [2.24, 2.45) is 5.73 Å². The van der Waals surface area contributed by atoms with Gasteiger partial charge in [-0.05, 0) is 123 Å². The number of ether oxygens (including phenoxy) is 1. The summed E-state index contributed by atoms with van der Waals surface area (Å²) in [7, 11) is -2.25. The molecule has 1 saturated heterocycles. The molecule has 508 valence electrons. The van der Waals surface area contributed by atoms with Gasteiger partial charge in [0.2, 0.25) is 23.6 Å². The standard InChI is InChI=1S/C81H86N8O8P2/c1-59(76(91)86-73(52-63-32-15-5-16-33-63)81(96)97-56-64-45-47-66(48-46-64)77(92)83-53-75(82)90)87(57-98(69-36-19-7-20-37-69)70-38-21-8-22-39-70)54-68(51-62-30-13-4-14-31-62)85-79(94)74-44-27-49-89(74)80(95)60(2)88(58-99(71-40-23-9-24-41-71)72-42-25-10-26-43-72)55-67(50-61-28-11-3-12-29-61)84-78(93)65-34-17-6-18-35-65/h3-26,28-43,45-48,59-60,67-68,73-74H,27,44,49-58H2,1-2H3,(H2,82,90)(H,83,92)(H,84,93)(H,85,94)(H,86,91)/t59-,60-,67-,68-,73-,74-/m0/s1. The van der Waals surface area contributed by atoms with E-state index in [4.69, 9.17) is 10.5 Å². The molecule has 18 heteroatoms. The van der Waals surface area contributed by atoms with Crippen LogP contribution in [0.5, 0.6) is 0 Å². The predicted molar refractivity (Wildman–Crippen MR) is 395 cm³/mol. The normalized spacial score (nSPS) is 14.4. The first-order chi connectivity index (χ1) is 48.2. The summed E-state index contributed by atoms with van der Waals surface area (Å²) < 4.78 is 5.94. The van der Waals surface area contributed by atoms with E-state index in [9.17, 15) is 19.2 Å². The van der Waals surface area contributed by atoms with Crippen molar-refractivity contribution in [3.63, 3.8) is 0 Å². The minimum atomic E-state index is -1.17. The number of likely N-dealkylation sites (tertiary alicyclic amines) is 1. The number of carbonyl (C=O) groups excluding carboxylic acids is 7. The fourth-order valence-electron chi connectivity index (χ4n) is 12.4. The third-order valence-electron chi connectivity index (χ3n) is 17.8. The van der Waals surface area contributed by atoms with Gasteiger partial charge in [-0.2, -0.15) is 0 Å². The van der Waals surface area contributed by atoms with Gasteiger partial charge in [-0.15, -0.1) is 0 Å². The second-order valence-corrected chi connectivity index (χ2v) is 29.2. The molecule has 6 N–H and O–H groups in total. The Morgan fingerprint density at radius 3 is 1.33 bits per heavy atom. The highest BCUT2D eigenvalue weighted by atomic mass is 31.1. The Hall–Kier alpha value is -9.95. The number of benzene rings is 9. The van der Waals surface area contributed by atoms with E-state index < -0.39 is 75.8 Å². The van der Waals surface area contributed by atoms with Gasteiger partial charge >= 0.3 is 5.97 Å². The van der Waals surface area contributed by atoms with Crippen molar-refractivity contribution >= 4 is 78.5 Å². The summed E-state index contributed by atoms with van der Waals surface area (Å²) in [5, 5.41) is 16.9. The van der Waals surface area contributed by atoms with E-state index in [0.29, 0.717) is 62.5 Å². The van der Waals surface area contributed by atoms with E-state index >= 15 is 14.4 Å². The van der Waals surface area contributed by atoms with Gasteiger partial charge < -0.3 is 36.6 Å². The molecule has 0 spiro atoms. The Labute approximate surface area is 583 Å². The van der Waals surface area contributed by atoms with E-state index in [1.165, 1.54) is 0 Å². The summed E-state index contributed by atoms with van der Waals surface area (Å²) in [6, 6.07) is 81.5. The van der Waals surface area contributed by atoms with Crippen LogP contribution in [-0.4, -0.2) is 131 Å². The SMILES string of the molecule is C[C@@H](C(=O)N[C@@H](Cc1ccccc1)C(=O)OCc1ccc(C(=O)NCC(N)=O)cc1)N(C[C@H](Cc1ccccc1)NC(=O)[C@@H]1CCCN1C(=O)[C@H](C)N(C[C@H](Cc1ccccc1)NC(=O)c1ccccc1)CP(c1ccccc1)c1ccccc1)CP(c1ccccc1)c1ccccc1. The quantitative estimate of drug-likeness (QED) is 0.0195. The molecular weight excluding hydrogens is 1270 g/mol. The molecule has 6 atom stereocenters. The zero-order valence-electron chi connectivity index (χ0n) is 55.9. The molecule has 0 bridgehead atoms. The second kappa shape index (κ2) is 36.6. The molecule has 1 heterocycles. The van der Waals surface area contributed by atoms with E-state index in [2.05, 4.69) is 91.7 Å². The number of nitrogens with zero attached hydrogens (tertiary/aromatic N) is 3. The molecule has 0 unspecified atom stereocenters. The van der Waals surface area contributed by atoms with Gasteiger partial charge in [0.25, 0.3) is 11.8 Å². The zero-order valence-corrected chi connectivity index (χ0v) is 57.7. The molecule has 1 aliphatic heterocycles. The van der Waals surface area contributed by atoms with Gasteiger partial charge in [-0.1, -0.05) is 243 Å². The summed E-state index contributed by atoms with van der Waals surface area (Å²) in [6.45, 7) is 4.18. The van der Waals surface area contributed by atoms with Crippen molar-refractivity contribution in [2.75, 3.05) is 38.8 Å². The zero-order chi connectivity index (χ0) is 69.3. The van der Waals surface area contributed by atoms with Crippen LogP contribution in [0.15, 0.2) is 267 Å². The molecule has 16 nitrogen and oxygen atoms in total. The van der Waals surface area contributed by atoms with E-state index in [1.54, 1.807) is 41.3 Å². The number of hydrogen-bond donors (Lipinski definition) is 5. The summed E-state index contributed by atoms with van der Waals surface area (Å²) in [5.41, 5.74) is 9.42. The lowest BCUT2D eigenvalue weighted by Crippen LogP contribution is -2.58. The van der Waals surface area contributed by atoms with Crippen molar-refractivity contribution in [2.45, 2.75) is 88.8 Å². The predicted octanol–water partition coefficient (Wildman–Crippen LogP) is 8.99. The van der Waals surface area contributed by atoms with Crippen molar-refractivity contribution in [3.8, 4) is 0 Å². The lowest BCUT2D eigenvalue weighted by Gasteiger charge is -2.38. The van der Waals surface area contributed by atoms with Crippen LogP contribution in [0, 0.1) is 0 Å². The van der Waals surface area contributed by atoms with Crippen LogP contribution >= 0.6 is 15.8 Å². The van der Waals surface area contributed by atoms with Crippen molar-refractivity contribution in [1.82, 2.24) is 36.0 Å². The average molecular weight is 1360 g/mol. The number of rotatable bonds is 33. The topological polar surface area (TPSA) is 213 Å². The fraction of sp³-hybridized carbons (Fsp3) is 0.247. The highest BCUT2D eigenvalue weighted by molar-refractivity contribution is 7.73. The summed E-state index contributed by atoms with van der Waals surface area (Å²) >= 11 is 0. The summed E-state index contributed by atoms with van der Waals surface area (Å²) in [6.07, 6.45) is 2.92. The van der Waals surface area contributed by atoms with Gasteiger partial charge in [0, 0.05) is 61.8 Å². The maximum absolute atomic E-state index is 15.8. The highest BCUT2D eigenvalue weighted by Crippen LogP contribution is 2.37. The maximum atomic E-state index is 15.8. The number of hydrogen-bond acceptors (Lipinski definition) is 10. The lowest BCUT2D eigenvalue weighted by molar-refractivity contribution is -0.149. The van der Waals surface area contributed by atoms with Gasteiger partial charge in [0.15, 0.2) is 0 Å². The minimum absolute atomic E-state index is 0.123. The number of esters is 1. The molecule has 1 fully saturated rings. The van der Waals surface area contributed by atoms with Crippen LogP contribution in [0.2, 0.25) is 0 Å². The Kier molecular flexibility index (Phi) is 26.5. The van der Waals surface area contributed by atoms with Crippen LogP contribution in [0.1, 0.15) is 69.7 Å². The van der Waals surface area contributed by atoms with Crippen LogP contribution < -0.4 is 48.2 Å². The molecule has 9 aromatic carbocycles. The van der Waals surface area contributed by atoms with Crippen molar-refractivity contribution < 1.29 is 38.3 Å². The van der Waals surface area contributed by atoms with Gasteiger partial charge in [0.1, 0.15) is 18.7 Å². The van der Waals surface area contributed by atoms with Crippen molar-refractivity contribution in [1.29, 1.82) is 0 Å². The van der Waals surface area contributed by atoms with Crippen LogP contribution in [0.25, 0.3) is 0 Å². The number of carbonyl (C=O) groups is 7. The number of nitrogens with two attached hydrogens (primary N) is 1. The van der Waals surface area contributed by atoms with Crippen LogP contribution in [0.3, 0.4) is 0 Å². The third kappa shape index (κ3) is 21.0. The third-order valence-corrected chi connectivity index (χ3v) is 22.7. The maximum Gasteiger partial charge on any atom is 0.329 e. The number of primary amides is 1. The molecule has 99 heavy (non-hydrogen) atoms. The van der Waals surface area contributed by atoms with E-state index in [1.807, 2.05) is 184 Å². The van der Waals surface area contributed by atoms with Gasteiger partial charge in [-0.3, -0.25) is 38.6 Å². The van der Waals surface area contributed by atoms with E-state index in [0.717, 1.165) is 37.9 Å². The van der Waals surface area contributed by atoms with E-state index in [-0.39, 0.29) is 49.4 Å². The van der Waals surface area contributed by atoms with Gasteiger partial charge in [-0.25, -0.2) is 4.79 Å². The smallest absolute Gasteiger partial charge is 0.329 e. The summed E-state index contributed by atoms with van der Waals surface area (Å²) in [4.78, 5) is 105. The average Bonchev–Trinajstić information content (AvgIpc) is 1.81. The Balaban J connectivity index is 0.943. The van der Waals surface area contributed by atoms with Crippen LogP contribution in [-0.2, 0) is 54.6 Å². The first kappa shape index (κ1) is 71.8. The fourth-order valence-corrected chi connectivity index (χ4v) is 17.2. The number of amides is 6. The molecule has 1 aliphatic rings. The largest absolute Gasteiger partial charge is 0.459 e. The molecule has 6 amide bonds. The first-order valence-electron chi connectivity index (χ1n) is 33.7. The molecule has 0 aromatic heterocycles. The molecule has 10 rings (SSSR count). The lowest BCUT2D eigenvalue weighted by atomic mass is 10.0. The Bertz CT molecular complexity index is 3970.